The average Bonchev–Trinajstić information content (AvgIpc) is 3.18. The van der Waals surface area contributed by atoms with Crippen LogP contribution in [-0.4, -0.2) is 23.8 Å². The molecule has 0 saturated heterocycles. The van der Waals surface area contributed by atoms with Crippen molar-refractivity contribution in [1.82, 2.24) is 0 Å². The van der Waals surface area contributed by atoms with Gasteiger partial charge in [0, 0.05) is 17.4 Å². The first kappa shape index (κ1) is 15.8. The smallest absolute Gasteiger partial charge is 0.306 e. The number of hydrogen-bond donors (Lipinski definition) is 0. The topological polar surface area (TPSA) is 69.4 Å². The van der Waals surface area contributed by atoms with Crippen LogP contribution in [0.4, 0.5) is 10.1 Å². The van der Waals surface area contributed by atoms with Gasteiger partial charge in [0.15, 0.2) is 0 Å². The Morgan fingerprint density at radius 1 is 1.52 bits per heavy atom. The average molecular weight is 313 g/mol. The zero-order valence-electron chi connectivity index (χ0n) is 11.6. The zero-order valence-corrected chi connectivity index (χ0v) is 12.5. The Bertz CT molecular complexity index is 560. The summed E-state index contributed by atoms with van der Waals surface area (Å²) in [5, 5.41) is 10.9. The van der Waals surface area contributed by atoms with Gasteiger partial charge in [-0.15, -0.1) is 0 Å². The first-order valence-corrected chi connectivity index (χ1v) is 7.69. The highest BCUT2D eigenvalue weighted by Crippen LogP contribution is 2.51. The third kappa shape index (κ3) is 4.17. The van der Waals surface area contributed by atoms with E-state index >= 15 is 0 Å². The number of carbonyl (C=O) groups excluding carboxylic acids is 1. The van der Waals surface area contributed by atoms with E-state index in [2.05, 4.69) is 4.74 Å². The molecule has 114 valence electrons. The fraction of sp³-hybridized carbons (Fsp3) is 0.500. The summed E-state index contributed by atoms with van der Waals surface area (Å²) in [5.41, 5.74) is 0.264. The Morgan fingerprint density at radius 3 is 2.81 bits per heavy atom. The van der Waals surface area contributed by atoms with Crippen molar-refractivity contribution in [2.24, 2.45) is 5.41 Å². The molecule has 0 unspecified atom stereocenters. The molecule has 1 aliphatic carbocycles. The van der Waals surface area contributed by atoms with Crippen molar-refractivity contribution in [1.29, 1.82) is 0 Å². The van der Waals surface area contributed by atoms with Crippen LogP contribution < -0.4 is 0 Å². The largest absolute Gasteiger partial charge is 0.469 e. The fourth-order valence-corrected chi connectivity index (χ4v) is 3.53. The number of methoxy groups -OCH3 is 1. The number of ether oxygens (including phenoxy) is 1. The first-order valence-electron chi connectivity index (χ1n) is 6.53. The van der Waals surface area contributed by atoms with Gasteiger partial charge in [0.05, 0.1) is 18.5 Å². The number of nitrogens with zero attached hydrogens (tertiary/aromatic N) is 1. The maximum Gasteiger partial charge on any atom is 0.306 e. The first-order chi connectivity index (χ1) is 9.96. The Labute approximate surface area is 126 Å². The standard InChI is InChI=1S/C14H16FNO4S/c1-20-13(17)7-14(4-5-14)9-21-8-10-6-11(15)2-3-12(10)16(18)19/h2-3,6H,4-5,7-9H2,1H3. The second kappa shape index (κ2) is 6.43. The van der Waals surface area contributed by atoms with Gasteiger partial charge < -0.3 is 4.74 Å². The van der Waals surface area contributed by atoms with Gasteiger partial charge in [0.2, 0.25) is 0 Å². The summed E-state index contributed by atoms with van der Waals surface area (Å²) >= 11 is 1.49. The molecular formula is C14H16FNO4S. The lowest BCUT2D eigenvalue weighted by molar-refractivity contribution is -0.385. The number of benzene rings is 1. The highest BCUT2D eigenvalue weighted by Gasteiger charge is 2.44. The Balaban J connectivity index is 1.93. The van der Waals surface area contributed by atoms with Crippen molar-refractivity contribution in [2.75, 3.05) is 12.9 Å². The number of halogens is 1. The van der Waals surface area contributed by atoms with Gasteiger partial charge in [-0.25, -0.2) is 4.39 Å². The summed E-state index contributed by atoms with van der Waals surface area (Å²) in [4.78, 5) is 21.7. The van der Waals surface area contributed by atoms with Gasteiger partial charge in [-0.2, -0.15) is 11.8 Å². The Hall–Kier alpha value is -1.63. The van der Waals surface area contributed by atoms with E-state index in [0.717, 1.165) is 24.7 Å². The van der Waals surface area contributed by atoms with Crippen molar-refractivity contribution in [2.45, 2.75) is 25.0 Å². The molecule has 21 heavy (non-hydrogen) atoms. The number of rotatable bonds is 7. The summed E-state index contributed by atoms with van der Waals surface area (Å²) < 4.78 is 17.9. The summed E-state index contributed by atoms with van der Waals surface area (Å²) in [6.07, 6.45) is 2.29. The Morgan fingerprint density at radius 2 is 2.24 bits per heavy atom. The lowest BCUT2D eigenvalue weighted by Gasteiger charge is -2.13. The number of hydrogen-bond acceptors (Lipinski definition) is 5. The molecule has 1 aromatic carbocycles. The van der Waals surface area contributed by atoms with Crippen molar-refractivity contribution in [3.8, 4) is 0 Å². The SMILES string of the molecule is COC(=O)CC1(CSCc2cc(F)ccc2[N+](=O)[O-])CC1. The maximum atomic E-state index is 13.2. The molecule has 5 nitrogen and oxygen atoms in total. The van der Waals surface area contributed by atoms with Crippen LogP contribution in [0.2, 0.25) is 0 Å². The van der Waals surface area contributed by atoms with E-state index in [-0.39, 0.29) is 17.1 Å². The van der Waals surface area contributed by atoms with Crippen LogP contribution in [0, 0.1) is 21.3 Å². The molecule has 0 spiro atoms. The number of thioether (sulfide) groups is 1. The molecule has 0 aromatic heterocycles. The minimum Gasteiger partial charge on any atom is -0.469 e. The van der Waals surface area contributed by atoms with E-state index in [1.807, 2.05) is 0 Å². The van der Waals surface area contributed by atoms with E-state index in [9.17, 15) is 19.3 Å². The third-order valence-corrected chi connectivity index (χ3v) is 4.94. The molecule has 0 aliphatic heterocycles. The third-order valence-electron chi connectivity index (χ3n) is 3.61. The molecule has 0 radical (unpaired) electrons. The normalized spacial score (nSPS) is 15.5. The number of nitro groups is 1. The molecular weight excluding hydrogens is 297 g/mol. The van der Waals surface area contributed by atoms with Crippen molar-refractivity contribution in [3.63, 3.8) is 0 Å². The fourth-order valence-electron chi connectivity index (χ4n) is 2.15. The van der Waals surface area contributed by atoms with Gasteiger partial charge in [-0.3, -0.25) is 14.9 Å². The van der Waals surface area contributed by atoms with Crippen LogP contribution in [0.3, 0.4) is 0 Å². The summed E-state index contributed by atoms with van der Waals surface area (Å²) in [6, 6.07) is 3.48. The van der Waals surface area contributed by atoms with Gasteiger partial charge in [-0.1, -0.05) is 0 Å². The molecule has 0 heterocycles. The van der Waals surface area contributed by atoms with Crippen molar-refractivity contribution >= 4 is 23.4 Å². The molecule has 0 atom stereocenters. The van der Waals surface area contributed by atoms with Crippen molar-refractivity contribution < 1.29 is 18.8 Å². The lowest BCUT2D eigenvalue weighted by Crippen LogP contribution is -2.13. The molecule has 1 fully saturated rings. The van der Waals surface area contributed by atoms with E-state index in [4.69, 9.17) is 0 Å². The molecule has 7 heteroatoms. The highest BCUT2D eigenvalue weighted by molar-refractivity contribution is 7.98. The second-order valence-corrected chi connectivity index (χ2v) is 6.26. The van der Waals surface area contributed by atoms with Crippen LogP contribution in [0.15, 0.2) is 18.2 Å². The van der Waals surface area contributed by atoms with Crippen LogP contribution in [-0.2, 0) is 15.3 Å². The summed E-state index contributed by atoms with van der Waals surface area (Å²) in [5.74, 6) is 0.365. The predicted octanol–water partition coefficient (Wildman–Crippen LogP) is 3.31. The van der Waals surface area contributed by atoms with E-state index in [1.54, 1.807) is 0 Å². The maximum absolute atomic E-state index is 13.2. The van der Waals surface area contributed by atoms with Crippen LogP contribution in [0.1, 0.15) is 24.8 Å². The van der Waals surface area contributed by atoms with E-state index in [1.165, 1.54) is 31.0 Å². The van der Waals surface area contributed by atoms with Crippen LogP contribution in [0.25, 0.3) is 0 Å². The van der Waals surface area contributed by atoms with Gasteiger partial charge in [-0.05, 0) is 36.1 Å². The molecule has 2 rings (SSSR count). The molecule has 1 aliphatic rings. The Kier molecular flexibility index (Phi) is 4.82. The monoisotopic (exact) mass is 313 g/mol. The van der Waals surface area contributed by atoms with E-state index < -0.39 is 10.7 Å². The van der Waals surface area contributed by atoms with E-state index in [0.29, 0.717) is 17.7 Å². The summed E-state index contributed by atoms with van der Waals surface area (Å²) in [6.45, 7) is 0. The van der Waals surface area contributed by atoms with Crippen LogP contribution >= 0.6 is 11.8 Å². The van der Waals surface area contributed by atoms with Gasteiger partial charge in [0.1, 0.15) is 5.82 Å². The number of esters is 1. The highest BCUT2D eigenvalue weighted by atomic mass is 32.2. The summed E-state index contributed by atoms with van der Waals surface area (Å²) in [7, 11) is 1.36. The van der Waals surface area contributed by atoms with Gasteiger partial charge in [0.25, 0.3) is 5.69 Å². The van der Waals surface area contributed by atoms with Gasteiger partial charge >= 0.3 is 5.97 Å². The molecule has 0 N–H and O–H groups in total. The minimum atomic E-state index is -0.503. The zero-order chi connectivity index (χ0) is 15.5. The predicted molar refractivity (Wildman–Crippen MR) is 77.5 cm³/mol. The molecule has 1 aromatic rings. The van der Waals surface area contributed by atoms with Crippen LogP contribution in [0.5, 0.6) is 0 Å². The molecule has 0 amide bonds. The number of nitro benzene ring substituents is 1. The second-order valence-electron chi connectivity index (χ2n) is 5.28. The van der Waals surface area contributed by atoms with Crippen molar-refractivity contribution in [3.05, 3.63) is 39.7 Å². The minimum absolute atomic E-state index is 0.0418. The number of carbonyl (C=O) groups is 1. The molecule has 0 bridgehead atoms. The lowest BCUT2D eigenvalue weighted by atomic mass is 10.1. The molecule has 1 saturated carbocycles. The quantitative estimate of drug-likeness (QED) is 0.439.